The van der Waals surface area contributed by atoms with E-state index >= 15 is 0 Å². The lowest BCUT2D eigenvalue weighted by atomic mass is 10.0. The number of fused-ring (bicyclic) bond motifs is 1. The van der Waals surface area contributed by atoms with Gasteiger partial charge in [0.2, 0.25) is 5.91 Å². The smallest absolute Gasteiger partial charge is 0.216 e. The first-order valence-electron chi connectivity index (χ1n) is 11.2. The van der Waals surface area contributed by atoms with Gasteiger partial charge in [0.05, 0.1) is 0 Å². The summed E-state index contributed by atoms with van der Waals surface area (Å²) in [5, 5.41) is 4.04. The Balaban J connectivity index is 1.52. The monoisotopic (exact) mass is 397 g/mol. The SMILES string of the molecule is CCCCc1cc(OC2CCN(CCCCNC(C)=O)CC2)c2ncccc2c1. The van der Waals surface area contributed by atoms with Gasteiger partial charge in [-0.15, -0.1) is 0 Å². The summed E-state index contributed by atoms with van der Waals surface area (Å²) in [7, 11) is 0. The number of hydrogen-bond donors (Lipinski definition) is 1. The molecule has 1 N–H and O–H groups in total. The van der Waals surface area contributed by atoms with Crippen LogP contribution < -0.4 is 10.1 Å². The fraction of sp³-hybridized carbons (Fsp3) is 0.583. The minimum absolute atomic E-state index is 0.0590. The molecule has 1 fully saturated rings. The topological polar surface area (TPSA) is 54.5 Å². The van der Waals surface area contributed by atoms with E-state index in [4.69, 9.17) is 4.74 Å². The third-order valence-electron chi connectivity index (χ3n) is 5.65. The summed E-state index contributed by atoms with van der Waals surface area (Å²) in [6.07, 6.45) is 9.88. The molecule has 0 saturated carbocycles. The van der Waals surface area contributed by atoms with Crippen molar-refractivity contribution >= 4 is 16.8 Å². The lowest BCUT2D eigenvalue weighted by Gasteiger charge is -2.32. The number of unbranched alkanes of at least 4 members (excludes halogenated alkanes) is 2. The Morgan fingerprint density at radius 1 is 1.24 bits per heavy atom. The van der Waals surface area contributed by atoms with Gasteiger partial charge in [-0.2, -0.15) is 0 Å². The van der Waals surface area contributed by atoms with Crippen molar-refractivity contribution in [1.29, 1.82) is 0 Å². The van der Waals surface area contributed by atoms with Crippen molar-refractivity contribution in [3.8, 4) is 5.75 Å². The number of carbonyl (C=O) groups is 1. The molecule has 5 nitrogen and oxygen atoms in total. The number of piperidine rings is 1. The molecule has 1 amide bonds. The van der Waals surface area contributed by atoms with Crippen LogP contribution in [0.5, 0.6) is 5.75 Å². The third-order valence-corrected chi connectivity index (χ3v) is 5.65. The van der Waals surface area contributed by atoms with Crippen molar-refractivity contribution < 1.29 is 9.53 Å². The van der Waals surface area contributed by atoms with E-state index in [2.05, 4.69) is 40.3 Å². The normalized spacial score (nSPS) is 15.5. The molecule has 29 heavy (non-hydrogen) atoms. The molecule has 0 radical (unpaired) electrons. The van der Waals surface area contributed by atoms with Crippen LogP contribution in [0.1, 0.15) is 57.9 Å². The number of nitrogens with zero attached hydrogens (tertiary/aromatic N) is 2. The Bertz CT molecular complexity index is 785. The molecule has 3 rings (SSSR count). The van der Waals surface area contributed by atoms with E-state index in [1.807, 2.05) is 12.3 Å². The first-order chi connectivity index (χ1) is 14.2. The van der Waals surface area contributed by atoms with Crippen LogP contribution in [0.3, 0.4) is 0 Å². The van der Waals surface area contributed by atoms with Crippen molar-refractivity contribution in [3.63, 3.8) is 0 Å². The number of aromatic nitrogens is 1. The van der Waals surface area contributed by atoms with Crippen molar-refractivity contribution in [2.75, 3.05) is 26.2 Å². The number of pyridine rings is 1. The largest absolute Gasteiger partial charge is 0.488 e. The van der Waals surface area contributed by atoms with Crippen molar-refractivity contribution in [2.45, 2.75) is 64.9 Å². The van der Waals surface area contributed by atoms with Gasteiger partial charge in [-0.05, 0) is 68.8 Å². The average molecular weight is 398 g/mol. The average Bonchev–Trinajstić information content (AvgIpc) is 2.73. The maximum Gasteiger partial charge on any atom is 0.216 e. The molecule has 0 bridgehead atoms. The number of benzene rings is 1. The first kappa shape index (κ1) is 21.6. The second-order valence-electron chi connectivity index (χ2n) is 8.12. The zero-order valence-electron chi connectivity index (χ0n) is 18.0. The molecule has 1 aromatic carbocycles. The molecular weight excluding hydrogens is 362 g/mol. The maximum atomic E-state index is 10.9. The van der Waals surface area contributed by atoms with Gasteiger partial charge in [0.25, 0.3) is 0 Å². The molecule has 2 aromatic rings. The summed E-state index contributed by atoms with van der Waals surface area (Å²) in [4.78, 5) is 18.0. The predicted molar refractivity (Wildman–Crippen MR) is 118 cm³/mol. The Morgan fingerprint density at radius 2 is 2.07 bits per heavy atom. The second kappa shape index (κ2) is 11.1. The Hall–Kier alpha value is -2.14. The molecule has 1 saturated heterocycles. The first-order valence-corrected chi connectivity index (χ1v) is 11.2. The molecule has 0 atom stereocenters. The molecule has 158 valence electrons. The van der Waals surface area contributed by atoms with Gasteiger partial charge >= 0.3 is 0 Å². The van der Waals surface area contributed by atoms with Gasteiger partial charge < -0.3 is 15.0 Å². The lowest BCUT2D eigenvalue weighted by Crippen LogP contribution is -2.39. The van der Waals surface area contributed by atoms with Crippen LogP contribution in [0.25, 0.3) is 10.9 Å². The Kier molecular flexibility index (Phi) is 8.29. The lowest BCUT2D eigenvalue weighted by molar-refractivity contribution is -0.118. The fourth-order valence-electron chi connectivity index (χ4n) is 3.99. The Labute approximate surface area is 174 Å². The summed E-state index contributed by atoms with van der Waals surface area (Å²) < 4.78 is 6.47. The van der Waals surface area contributed by atoms with Crippen LogP contribution >= 0.6 is 0 Å². The summed E-state index contributed by atoms with van der Waals surface area (Å²) >= 11 is 0. The standard InChI is InChI=1S/C24H35N3O2/c1-3-4-8-20-17-21-9-7-13-26-24(21)23(18-20)29-22-10-15-27(16-11-22)14-6-5-12-25-19(2)28/h7,9,13,17-18,22H,3-6,8,10-12,14-16H2,1-2H3,(H,25,28). The van der Waals surface area contributed by atoms with Crippen molar-refractivity contribution in [3.05, 3.63) is 36.0 Å². The van der Waals surface area contributed by atoms with E-state index in [0.29, 0.717) is 0 Å². The van der Waals surface area contributed by atoms with E-state index in [1.165, 1.54) is 23.8 Å². The zero-order valence-corrected chi connectivity index (χ0v) is 18.0. The number of ether oxygens (including phenoxy) is 1. The number of aryl methyl sites for hydroxylation is 1. The van der Waals surface area contributed by atoms with Gasteiger partial charge in [0, 0.05) is 38.1 Å². The summed E-state index contributed by atoms with van der Waals surface area (Å²) in [5.41, 5.74) is 2.33. The van der Waals surface area contributed by atoms with Gasteiger partial charge in [0.15, 0.2) is 0 Å². The zero-order chi connectivity index (χ0) is 20.5. The number of nitrogens with one attached hydrogen (secondary N) is 1. The van der Waals surface area contributed by atoms with E-state index in [-0.39, 0.29) is 12.0 Å². The van der Waals surface area contributed by atoms with Crippen LogP contribution in [0.2, 0.25) is 0 Å². The predicted octanol–water partition coefficient (Wildman–Crippen LogP) is 4.34. The molecule has 1 aliphatic rings. The highest BCUT2D eigenvalue weighted by molar-refractivity contribution is 5.85. The number of rotatable bonds is 10. The molecule has 2 heterocycles. The molecule has 1 aliphatic heterocycles. The van der Waals surface area contributed by atoms with Crippen molar-refractivity contribution in [1.82, 2.24) is 15.2 Å². The number of hydrogen-bond acceptors (Lipinski definition) is 4. The highest BCUT2D eigenvalue weighted by atomic mass is 16.5. The second-order valence-corrected chi connectivity index (χ2v) is 8.12. The number of amides is 1. The fourth-order valence-corrected chi connectivity index (χ4v) is 3.99. The quantitative estimate of drug-likeness (QED) is 0.606. The number of likely N-dealkylation sites (tertiary alicyclic amines) is 1. The van der Waals surface area contributed by atoms with E-state index in [9.17, 15) is 4.79 Å². The molecular formula is C24H35N3O2. The molecule has 0 spiro atoms. The minimum Gasteiger partial charge on any atom is -0.488 e. The number of carbonyl (C=O) groups excluding carboxylic acids is 1. The van der Waals surface area contributed by atoms with Crippen LogP contribution in [-0.2, 0) is 11.2 Å². The molecule has 5 heteroatoms. The summed E-state index contributed by atoms with van der Waals surface area (Å²) in [5.74, 6) is 1.01. The minimum atomic E-state index is 0.0590. The Morgan fingerprint density at radius 3 is 2.83 bits per heavy atom. The van der Waals surface area contributed by atoms with Gasteiger partial charge in [-0.1, -0.05) is 19.4 Å². The highest BCUT2D eigenvalue weighted by Gasteiger charge is 2.21. The van der Waals surface area contributed by atoms with Crippen molar-refractivity contribution in [2.24, 2.45) is 0 Å². The van der Waals surface area contributed by atoms with Crippen LogP contribution in [0.4, 0.5) is 0 Å². The highest BCUT2D eigenvalue weighted by Crippen LogP contribution is 2.29. The molecule has 0 aliphatic carbocycles. The maximum absolute atomic E-state index is 10.9. The molecule has 0 unspecified atom stereocenters. The van der Waals surface area contributed by atoms with Crippen LogP contribution in [-0.4, -0.2) is 48.1 Å². The molecule has 1 aromatic heterocycles. The van der Waals surface area contributed by atoms with Crippen LogP contribution in [0.15, 0.2) is 30.5 Å². The van der Waals surface area contributed by atoms with E-state index in [0.717, 1.165) is 69.5 Å². The van der Waals surface area contributed by atoms with Gasteiger partial charge in [-0.3, -0.25) is 9.78 Å². The van der Waals surface area contributed by atoms with Crippen LogP contribution in [0, 0.1) is 0 Å². The summed E-state index contributed by atoms with van der Waals surface area (Å²) in [6.45, 7) is 7.83. The van der Waals surface area contributed by atoms with E-state index in [1.54, 1.807) is 6.92 Å². The van der Waals surface area contributed by atoms with E-state index < -0.39 is 0 Å². The third kappa shape index (κ3) is 6.70. The van der Waals surface area contributed by atoms with Gasteiger partial charge in [0.1, 0.15) is 17.4 Å². The summed E-state index contributed by atoms with van der Waals surface area (Å²) in [6, 6.07) is 8.60. The van der Waals surface area contributed by atoms with Gasteiger partial charge in [-0.25, -0.2) is 0 Å².